The molecule has 4 rings (SSSR count). The molecular weight excluding hydrogens is 400 g/mol. The smallest absolute Gasteiger partial charge is 0.416 e. The number of hydrogen-bond acceptors (Lipinski definition) is 6. The van der Waals surface area contributed by atoms with Crippen LogP contribution in [0.1, 0.15) is 21.5 Å². The minimum atomic E-state index is -0.830. The number of carbonyl (C=O) groups is 2. The van der Waals surface area contributed by atoms with E-state index in [4.69, 9.17) is 14.2 Å². The standard InChI is InChI=1S/C23H24N2O6/c1-4-9-31-23(28)25-17-12-19(26)20(29-2)11-16(17)21(27)24-13-15-8-6-5-7-14(15)10-18(24)22(25)30-3/h4-8,11-12,18,22,26H,1,9-10,13H2,2-3H3/t18-,22?/m0/s1. The molecule has 8 heteroatoms. The van der Waals surface area contributed by atoms with Gasteiger partial charge >= 0.3 is 6.09 Å². The van der Waals surface area contributed by atoms with E-state index in [9.17, 15) is 14.7 Å². The van der Waals surface area contributed by atoms with Gasteiger partial charge in [0.15, 0.2) is 17.7 Å². The Morgan fingerprint density at radius 2 is 2.00 bits per heavy atom. The monoisotopic (exact) mass is 424 g/mol. The van der Waals surface area contributed by atoms with Crippen molar-refractivity contribution in [2.24, 2.45) is 0 Å². The van der Waals surface area contributed by atoms with Crippen LogP contribution in [0.4, 0.5) is 10.5 Å². The maximum atomic E-state index is 13.6. The first kappa shape index (κ1) is 20.7. The van der Waals surface area contributed by atoms with Crippen molar-refractivity contribution < 1.29 is 28.9 Å². The van der Waals surface area contributed by atoms with Crippen LogP contribution in [0, 0.1) is 0 Å². The molecule has 0 fully saturated rings. The molecule has 0 aromatic heterocycles. The molecule has 31 heavy (non-hydrogen) atoms. The van der Waals surface area contributed by atoms with Crippen molar-refractivity contribution in [3.05, 3.63) is 65.7 Å². The number of hydrogen-bond donors (Lipinski definition) is 1. The van der Waals surface area contributed by atoms with E-state index in [-0.39, 0.29) is 35.3 Å². The summed E-state index contributed by atoms with van der Waals surface area (Å²) in [6.07, 6.45) is 0.427. The van der Waals surface area contributed by atoms with Gasteiger partial charge in [-0.05, 0) is 23.6 Å². The minimum absolute atomic E-state index is 0.00556. The summed E-state index contributed by atoms with van der Waals surface area (Å²) in [5, 5.41) is 10.4. The molecular formula is C23H24N2O6. The largest absolute Gasteiger partial charge is 0.504 e. The quantitative estimate of drug-likeness (QED) is 0.759. The van der Waals surface area contributed by atoms with Crippen molar-refractivity contribution in [2.75, 3.05) is 25.7 Å². The number of nitrogens with zero attached hydrogens (tertiary/aromatic N) is 2. The van der Waals surface area contributed by atoms with E-state index >= 15 is 0 Å². The predicted octanol–water partition coefficient (Wildman–Crippen LogP) is 3.08. The normalized spacial score (nSPS) is 19.6. The van der Waals surface area contributed by atoms with E-state index in [2.05, 4.69) is 6.58 Å². The van der Waals surface area contributed by atoms with Gasteiger partial charge in [0.2, 0.25) is 0 Å². The molecule has 2 aliphatic rings. The fourth-order valence-corrected chi connectivity index (χ4v) is 4.24. The van der Waals surface area contributed by atoms with Gasteiger partial charge in [-0.3, -0.25) is 4.79 Å². The maximum absolute atomic E-state index is 13.6. The van der Waals surface area contributed by atoms with Gasteiger partial charge in [0.25, 0.3) is 5.91 Å². The maximum Gasteiger partial charge on any atom is 0.416 e. The van der Waals surface area contributed by atoms with Gasteiger partial charge in [0, 0.05) is 19.7 Å². The lowest BCUT2D eigenvalue weighted by Gasteiger charge is -2.41. The first-order valence-corrected chi connectivity index (χ1v) is 9.88. The second-order valence-corrected chi connectivity index (χ2v) is 7.38. The summed E-state index contributed by atoms with van der Waals surface area (Å²) in [5.41, 5.74) is 2.54. The number of anilines is 1. The number of ether oxygens (including phenoxy) is 3. The van der Waals surface area contributed by atoms with Crippen molar-refractivity contribution in [1.82, 2.24) is 4.90 Å². The number of fused-ring (bicyclic) bond motifs is 3. The molecule has 1 unspecified atom stereocenters. The molecule has 0 spiro atoms. The summed E-state index contributed by atoms with van der Waals surface area (Å²) >= 11 is 0. The third kappa shape index (κ3) is 3.48. The van der Waals surface area contributed by atoms with E-state index in [0.717, 1.165) is 11.1 Å². The third-order valence-electron chi connectivity index (χ3n) is 5.68. The Hall–Kier alpha value is -3.52. The van der Waals surface area contributed by atoms with Gasteiger partial charge in [-0.1, -0.05) is 36.9 Å². The summed E-state index contributed by atoms with van der Waals surface area (Å²) in [5.74, 6) is -0.348. The molecule has 1 N–H and O–H groups in total. The van der Waals surface area contributed by atoms with Crippen LogP contribution < -0.4 is 9.64 Å². The van der Waals surface area contributed by atoms with Crippen LogP contribution in [0.2, 0.25) is 0 Å². The minimum Gasteiger partial charge on any atom is -0.504 e. The number of amides is 2. The number of benzene rings is 2. The van der Waals surface area contributed by atoms with Crippen LogP contribution in [0.5, 0.6) is 11.5 Å². The predicted molar refractivity (Wildman–Crippen MR) is 113 cm³/mol. The second kappa shape index (κ2) is 8.31. The summed E-state index contributed by atoms with van der Waals surface area (Å²) < 4.78 is 16.3. The molecule has 2 atom stereocenters. The molecule has 2 amide bonds. The number of carbonyl (C=O) groups excluding carboxylic acids is 2. The lowest BCUT2D eigenvalue weighted by Crippen LogP contribution is -2.56. The lowest BCUT2D eigenvalue weighted by molar-refractivity contribution is 0.00854. The van der Waals surface area contributed by atoms with Crippen LogP contribution in [-0.4, -0.2) is 55.1 Å². The fourth-order valence-electron chi connectivity index (χ4n) is 4.24. The van der Waals surface area contributed by atoms with E-state index in [1.807, 2.05) is 24.3 Å². The Morgan fingerprint density at radius 3 is 2.68 bits per heavy atom. The van der Waals surface area contributed by atoms with E-state index < -0.39 is 18.4 Å². The first-order chi connectivity index (χ1) is 15.0. The lowest BCUT2D eigenvalue weighted by atomic mass is 9.92. The Bertz CT molecular complexity index is 1040. The summed E-state index contributed by atoms with van der Waals surface area (Å²) in [7, 11) is 2.88. The Morgan fingerprint density at radius 1 is 1.26 bits per heavy atom. The Kier molecular flexibility index (Phi) is 5.56. The molecule has 2 aromatic rings. The highest BCUT2D eigenvalue weighted by Gasteiger charge is 2.46. The average Bonchev–Trinajstić information content (AvgIpc) is 2.88. The number of phenols is 1. The molecule has 0 radical (unpaired) electrons. The second-order valence-electron chi connectivity index (χ2n) is 7.38. The molecule has 162 valence electrons. The van der Waals surface area contributed by atoms with Crippen LogP contribution in [-0.2, 0) is 22.4 Å². The van der Waals surface area contributed by atoms with Crippen molar-refractivity contribution >= 4 is 17.7 Å². The van der Waals surface area contributed by atoms with Gasteiger partial charge in [-0.15, -0.1) is 0 Å². The van der Waals surface area contributed by atoms with Gasteiger partial charge < -0.3 is 24.2 Å². The number of phenolic OH excluding ortho intramolecular Hbond substituents is 1. The van der Waals surface area contributed by atoms with Crippen LogP contribution in [0.15, 0.2) is 49.1 Å². The fraction of sp³-hybridized carbons (Fsp3) is 0.304. The molecule has 2 aliphatic heterocycles. The van der Waals surface area contributed by atoms with Crippen molar-refractivity contribution in [1.29, 1.82) is 0 Å². The average molecular weight is 424 g/mol. The highest BCUT2D eigenvalue weighted by atomic mass is 16.6. The SMILES string of the molecule is C=CCOC(=O)N1c2cc(O)c(OC)cc2C(=O)N2Cc3ccccc3C[C@H]2C1OC. The number of aromatic hydroxyl groups is 1. The highest BCUT2D eigenvalue weighted by Crippen LogP contribution is 2.41. The molecule has 0 bridgehead atoms. The van der Waals surface area contributed by atoms with Crippen molar-refractivity contribution in [2.45, 2.75) is 25.2 Å². The van der Waals surface area contributed by atoms with Gasteiger partial charge in [0.1, 0.15) is 6.61 Å². The van der Waals surface area contributed by atoms with E-state index in [0.29, 0.717) is 13.0 Å². The van der Waals surface area contributed by atoms with Crippen LogP contribution in [0.3, 0.4) is 0 Å². The first-order valence-electron chi connectivity index (χ1n) is 9.88. The van der Waals surface area contributed by atoms with Crippen LogP contribution >= 0.6 is 0 Å². The van der Waals surface area contributed by atoms with E-state index in [1.54, 1.807) is 4.90 Å². The molecule has 0 aliphatic carbocycles. The van der Waals surface area contributed by atoms with Crippen molar-refractivity contribution in [3.8, 4) is 11.5 Å². The zero-order valence-corrected chi connectivity index (χ0v) is 17.4. The number of rotatable bonds is 4. The Labute approximate surface area is 180 Å². The number of methoxy groups -OCH3 is 2. The molecule has 0 saturated heterocycles. The van der Waals surface area contributed by atoms with Crippen molar-refractivity contribution in [3.63, 3.8) is 0 Å². The zero-order chi connectivity index (χ0) is 22.1. The molecule has 0 saturated carbocycles. The van der Waals surface area contributed by atoms with Gasteiger partial charge in [-0.2, -0.15) is 0 Å². The zero-order valence-electron chi connectivity index (χ0n) is 17.4. The Balaban J connectivity index is 1.90. The summed E-state index contributed by atoms with van der Waals surface area (Å²) in [4.78, 5) is 29.7. The topological polar surface area (TPSA) is 88.5 Å². The molecule has 2 aromatic carbocycles. The molecule has 2 heterocycles. The highest BCUT2D eigenvalue weighted by molar-refractivity contribution is 6.06. The van der Waals surface area contributed by atoms with Crippen LogP contribution in [0.25, 0.3) is 0 Å². The van der Waals surface area contributed by atoms with Gasteiger partial charge in [-0.25, -0.2) is 9.69 Å². The van der Waals surface area contributed by atoms with Gasteiger partial charge in [0.05, 0.1) is 24.4 Å². The van der Waals surface area contributed by atoms with E-state index in [1.165, 1.54) is 37.3 Å². The summed E-state index contributed by atoms with van der Waals surface area (Å²) in [6, 6.07) is 10.2. The third-order valence-corrected chi connectivity index (χ3v) is 5.68. The summed E-state index contributed by atoms with van der Waals surface area (Å²) in [6.45, 7) is 3.94. The molecule has 8 nitrogen and oxygen atoms in total.